The highest BCUT2D eigenvalue weighted by Crippen LogP contribution is 2.25. The van der Waals surface area contributed by atoms with Crippen LogP contribution in [0.1, 0.15) is 16.3 Å². The number of phenols is 1. The van der Waals surface area contributed by atoms with Crippen LogP contribution in [0.15, 0.2) is 59.0 Å². The third-order valence-electron chi connectivity index (χ3n) is 3.88. The van der Waals surface area contributed by atoms with E-state index in [0.29, 0.717) is 16.8 Å². The van der Waals surface area contributed by atoms with E-state index in [2.05, 4.69) is 15.3 Å². The molecule has 2 aromatic heterocycles. The van der Waals surface area contributed by atoms with Crippen LogP contribution in [0, 0.1) is 4.77 Å². The van der Waals surface area contributed by atoms with Crippen LogP contribution in [-0.2, 0) is 6.42 Å². The van der Waals surface area contributed by atoms with Crippen LogP contribution in [0.25, 0.3) is 10.8 Å². The predicted octanol–water partition coefficient (Wildman–Crippen LogP) is 4.33. The van der Waals surface area contributed by atoms with Gasteiger partial charge in [-0.2, -0.15) is 14.9 Å². The summed E-state index contributed by atoms with van der Waals surface area (Å²) in [7, 11) is 0. The number of aromatic amines is 1. The van der Waals surface area contributed by atoms with Crippen molar-refractivity contribution in [1.82, 2.24) is 14.9 Å². The summed E-state index contributed by atoms with van der Waals surface area (Å²) in [6.45, 7) is 0. The van der Waals surface area contributed by atoms with Crippen LogP contribution < -0.4 is 0 Å². The zero-order valence-electron chi connectivity index (χ0n) is 13.1. The van der Waals surface area contributed by atoms with E-state index in [0.717, 1.165) is 16.6 Å². The smallest absolute Gasteiger partial charge is 0.216 e. The van der Waals surface area contributed by atoms with Crippen molar-refractivity contribution in [3.63, 3.8) is 0 Å². The van der Waals surface area contributed by atoms with Gasteiger partial charge in [0.15, 0.2) is 5.82 Å². The number of rotatable bonds is 4. The summed E-state index contributed by atoms with van der Waals surface area (Å²) in [6, 6.07) is 15.5. The Morgan fingerprint density at radius 3 is 2.92 bits per heavy atom. The first-order valence-corrected chi connectivity index (χ1v) is 8.95. The van der Waals surface area contributed by atoms with Crippen LogP contribution >= 0.6 is 23.6 Å². The Hall–Kier alpha value is -2.77. The van der Waals surface area contributed by atoms with Crippen molar-refractivity contribution < 1.29 is 5.11 Å². The minimum absolute atomic E-state index is 0.178. The maximum Gasteiger partial charge on any atom is 0.216 e. The SMILES string of the molecule is Oc1ccc2ccccc2c1/C=N\n1c(Cc2cccs2)n[nH]c1=S. The zero-order chi connectivity index (χ0) is 17.2. The first-order valence-electron chi connectivity index (χ1n) is 7.66. The lowest BCUT2D eigenvalue weighted by Gasteiger charge is -2.05. The Morgan fingerprint density at radius 1 is 1.20 bits per heavy atom. The monoisotopic (exact) mass is 366 g/mol. The molecule has 2 N–H and O–H groups in total. The molecule has 0 spiro atoms. The third-order valence-corrected chi connectivity index (χ3v) is 5.02. The molecule has 0 atom stereocenters. The second kappa shape index (κ2) is 6.62. The summed E-state index contributed by atoms with van der Waals surface area (Å²) >= 11 is 6.95. The van der Waals surface area contributed by atoms with E-state index in [1.165, 1.54) is 4.88 Å². The van der Waals surface area contributed by atoms with E-state index in [9.17, 15) is 5.11 Å². The molecule has 0 unspecified atom stereocenters. The number of fused-ring (bicyclic) bond motifs is 1. The zero-order valence-corrected chi connectivity index (χ0v) is 14.7. The molecule has 0 fully saturated rings. The van der Waals surface area contributed by atoms with E-state index in [1.807, 2.05) is 47.8 Å². The van der Waals surface area contributed by atoms with Gasteiger partial charge in [-0.05, 0) is 40.5 Å². The number of benzene rings is 2. The third kappa shape index (κ3) is 3.11. The summed E-state index contributed by atoms with van der Waals surface area (Å²) in [4.78, 5) is 1.18. The molecule has 0 saturated heterocycles. The largest absolute Gasteiger partial charge is 0.507 e. The molecule has 2 heterocycles. The number of aromatic nitrogens is 3. The molecule has 7 heteroatoms. The van der Waals surface area contributed by atoms with Gasteiger partial charge in [0.05, 0.1) is 6.21 Å². The fourth-order valence-electron chi connectivity index (χ4n) is 2.66. The summed E-state index contributed by atoms with van der Waals surface area (Å²) in [6.07, 6.45) is 2.27. The van der Waals surface area contributed by atoms with Gasteiger partial charge in [0.2, 0.25) is 4.77 Å². The molecule has 0 aliphatic carbocycles. The molecule has 5 nitrogen and oxygen atoms in total. The van der Waals surface area contributed by atoms with Crippen LogP contribution in [-0.4, -0.2) is 26.2 Å². The summed E-state index contributed by atoms with van der Waals surface area (Å²) in [5.74, 6) is 0.903. The van der Waals surface area contributed by atoms with E-state index in [4.69, 9.17) is 12.2 Å². The lowest BCUT2D eigenvalue weighted by molar-refractivity contribution is 0.475. The molecule has 4 aromatic rings. The number of phenolic OH excluding ortho intramolecular Hbond substituents is 1. The summed E-state index contributed by atoms with van der Waals surface area (Å²) in [5, 5.41) is 25.7. The topological polar surface area (TPSA) is 66.2 Å². The van der Waals surface area contributed by atoms with Crippen LogP contribution in [0.5, 0.6) is 5.75 Å². The van der Waals surface area contributed by atoms with E-state index < -0.39 is 0 Å². The van der Waals surface area contributed by atoms with Gasteiger partial charge >= 0.3 is 0 Å². The molecule has 0 saturated carbocycles. The molecule has 0 bridgehead atoms. The van der Waals surface area contributed by atoms with Gasteiger partial charge in [-0.15, -0.1) is 11.3 Å². The Labute approximate surface area is 152 Å². The standard InChI is InChI=1S/C18H14N4OS2/c23-16-8-7-12-4-1-2-6-14(12)15(16)11-19-22-17(20-21-18(22)24)10-13-5-3-9-25-13/h1-9,11,23H,10H2,(H,21,24)/b19-11-. The highest BCUT2D eigenvalue weighted by Gasteiger charge is 2.08. The molecular weight excluding hydrogens is 352 g/mol. The van der Waals surface area contributed by atoms with E-state index in [-0.39, 0.29) is 5.75 Å². The molecule has 25 heavy (non-hydrogen) atoms. The number of hydrogen-bond donors (Lipinski definition) is 2. The number of nitrogens with zero attached hydrogens (tertiary/aromatic N) is 3. The van der Waals surface area contributed by atoms with Crippen LogP contribution in [0.2, 0.25) is 0 Å². The Morgan fingerprint density at radius 2 is 2.08 bits per heavy atom. The van der Waals surface area contributed by atoms with Gasteiger partial charge in [0.1, 0.15) is 5.75 Å². The fraction of sp³-hybridized carbons (Fsp3) is 0.0556. The molecule has 0 amide bonds. The van der Waals surface area contributed by atoms with Crippen LogP contribution in [0.3, 0.4) is 0 Å². The molecule has 4 rings (SSSR count). The quantitative estimate of drug-likeness (QED) is 0.417. The fourth-order valence-corrected chi connectivity index (χ4v) is 3.56. The highest BCUT2D eigenvalue weighted by atomic mass is 32.1. The minimum Gasteiger partial charge on any atom is -0.507 e. The lowest BCUT2D eigenvalue weighted by Crippen LogP contribution is -1.99. The van der Waals surface area contributed by atoms with Crippen molar-refractivity contribution in [2.45, 2.75) is 6.42 Å². The van der Waals surface area contributed by atoms with E-state index in [1.54, 1.807) is 28.3 Å². The van der Waals surface area contributed by atoms with Gasteiger partial charge in [-0.25, -0.2) is 0 Å². The van der Waals surface area contributed by atoms with Crippen molar-refractivity contribution in [2.24, 2.45) is 5.10 Å². The normalized spacial score (nSPS) is 11.5. The van der Waals surface area contributed by atoms with Crippen LogP contribution in [0.4, 0.5) is 0 Å². The maximum atomic E-state index is 10.2. The van der Waals surface area contributed by atoms with Gasteiger partial charge in [-0.3, -0.25) is 5.10 Å². The molecule has 0 aliphatic rings. The van der Waals surface area contributed by atoms with E-state index >= 15 is 0 Å². The molecular formula is C18H14N4OS2. The van der Waals surface area contributed by atoms with Gasteiger partial charge < -0.3 is 5.11 Å². The maximum absolute atomic E-state index is 10.2. The number of nitrogens with one attached hydrogen (secondary N) is 1. The molecule has 2 aromatic carbocycles. The predicted molar refractivity (Wildman–Crippen MR) is 103 cm³/mol. The minimum atomic E-state index is 0.178. The first kappa shape index (κ1) is 15.7. The van der Waals surface area contributed by atoms with Crippen molar-refractivity contribution in [3.05, 3.63) is 74.9 Å². The number of hydrogen-bond acceptors (Lipinski definition) is 5. The van der Waals surface area contributed by atoms with Gasteiger partial charge in [-0.1, -0.05) is 36.4 Å². The average molecular weight is 366 g/mol. The van der Waals surface area contributed by atoms with Gasteiger partial charge in [0, 0.05) is 16.9 Å². The molecule has 0 aliphatic heterocycles. The van der Waals surface area contributed by atoms with Gasteiger partial charge in [0.25, 0.3) is 0 Å². The van der Waals surface area contributed by atoms with Crippen molar-refractivity contribution in [2.75, 3.05) is 0 Å². The second-order valence-corrected chi connectivity index (χ2v) is 6.90. The second-order valence-electron chi connectivity index (χ2n) is 5.48. The molecule has 124 valence electrons. The van der Waals surface area contributed by atoms with Crippen molar-refractivity contribution >= 4 is 40.5 Å². The average Bonchev–Trinajstić information content (AvgIpc) is 3.25. The number of H-pyrrole nitrogens is 1. The lowest BCUT2D eigenvalue weighted by atomic mass is 10.0. The summed E-state index contributed by atoms with van der Waals surface area (Å²) in [5.41, 5.74) is 0.656. The highest BCUT2D eigenvalue weighted by molar-refractivity contribution is 7.71. The summed E-state index contributed by atoms with van der Waals surface area (Å²) < 4.78 is 2.01. The Bertz CT molecular complexity index is 1110. The first-order chi connectivity index (χ1) is 12.2. The van der Waals surface area contributed by atoms with Crippen molar-refractivity contribution in [1.29, 1.82) is 0 Å². The Kier molecular flexibility index (Phi) is 4.17. The van der Waals surface area contributed by atoms with Crippen molar-refractivity contribution in [3.8, 4) is 5.75 Å². The molecule has 0 radical (unpaired) electrons. The number of thiophene rings is 1. The Balaban J connectivity index is 1.75. The number of aromatic hydroxyl groups is 1.